The molecule has 0 rings (SSSR count). The fourth-order valence-corrected chi connectivity index (χ4v) is 0.209. The number of rotatable bonds is 2. The van der Waals surface area contributed by atoms with E-state index in [1.54, 1.807) is 0 Å². The van der Waals surface area contributed by atoms with Gasteiger partial charge in [0.1, 0.15) is 6.61 Å². The average molecular weight is 164 g/mol. The topological polar surface area (TPSA) is 9.23 Å². The van der Waals surface area contributed by atoms with Gasteiger partial charge in [-0.3, -0.25) is 0 Å². The largest absolute Gasteiger partial charge is 0.412 e. The third kappa shape index (κ3) is 7.61. The Labute approximate surface area is 53.8 Å². The summed E-state index contributed by atoms with van der Waals surface area (Å²) in [5.74, 6) is 0. The molecule has 10 heavy (non-hydrogen) atoms. The van der Waals surface area contributed by atoms with Crippen LogP contribution in [0.5, 0.6) is 0 Å². The van der Waals surface area contributed by atoms with E-state index in [-0.39, 0.29) is 6.92 Å². The molecule has 0 saturated heterocycles. The Balaban J connectivity index is 3.56. The lowest BCUT2D eigenvalue weighted by molar-refractivity contribution is -0.279. The lowest BCUT2D eigenvalue weighted by atomic mass is 10.7. The van der Waals surface area contributed by atoms with Crippen molar-refractivity contribution in [3.05, 3.63) is 0 Å². The molecule has 0 atom stereocenters. The van der Waals surface area contributed by atoms with Gasteiger partial charge < -0.3 is 4.74 Å². The summed E-state index contributed by atoms with van der Waals surface area (Å²) < 4.78 is 59.6. The van der Waals surface area contributed by atoms with Gasteiger partial charge in [0.2, 0.25) is 0 Å². The summed E-state index contributed by atoms with van der Waals surface area (Å²) in [5.41, 5.74) is 0. The van der Waals surface area contributed by atoms with Crippen molar-refractivity contribution in [3.8, 4) is 0 Å². The lowest BCUT2D eigenvalue weighted by Crippen LogP contribution is -2.25. The molecule has 0 aromatic heterocycles. The summed E-state index contributed by atoms with van der Waals surface area (Å²) in [6, 6.07) is 0. The molecule has 0 aliphatic rings. The Bertz CT molecular complexity index is 87.2. The predicted molar refractivity (Wildman–Crippen MR) is 22.6 cm³/mol. The first-order valence-electron chi connectivity index (χ1n) is 2.29. The lowest BCUT2D eigenvalue weighted by Gasteiger charge is -2.12. The standard InChI is InChI=1S/C4H5F5O/c1-3(5,6)10-2-4(7,8)9/h2H2,1H3. The maximum Gasteiger partial charge on any atom is 0.412 e. The van der Waals surface area contributed by atoms with Gasteiger partial charge in [-0.25, -0.2) is 0 Å². The van der Waals surface area contributed by atoms with E-state index in [1.165, 1.54) is 0 Å². The molecule has 0 bridgehead atoms. The molecule has 0 radical (unpaired) electrons. The Hall–Kier alpha value is -0.390. The number of hydrogen-bond donors (Lipinski definition) is 0. The molecule has 0 spiro atoms. The molecule has 62 valence electrons. The molecule has 0 amide bonds. The Kier molecular flexibility index (Phi) is 2.59. The summed E-state index contributed by atoms with van der Waals surface area (Å²) >= 11 is 0. The van der Waals surface area contributed by atoms with Crippen molar-refractivity contribution < 1.29 is 26.7 Å². The van der Waals surface area contributed by atoms with Crippen LogP contribution in [0.4, 0.5) is 22.0 Å². The fourth-order valence-electron chi connectivity index (χ4n) is 0.209. The average Bonchev–Trinajstić information content (AvgIpc) is 1.57. The highest BCUT2D eigenvalue weighted by atomic mass is 19.4. The van der Waals surface area contributed by atoms with Gasteiger partial charge in [0, 0.05) is 6.92 Å². The maximum atomic E-state index is 11.5. The molecular weight excluding hydrogens is 159 g/mol. The van der Waals surface area contributed by atoms with E-state index in [1.807, 2.05) is 0 Å². The van der Waals surface area contributed by atoms with Crippen LogP contribution in [0.15, 0.2) is 0 Å². The van der Waals surface area contributed by atoms with Crippen LogP contribution in [0.25, 0.3) is 0 Å². The zero-order valence-electron chi connectivity index (χ0n) is 5.01. The zero-order valence-corrected chi connectivity index (χ0v) is 5.01. The first-order chi connectivity index (χ1) is 4.21. The fraction of sp³-hybridized carbons (Fsp3) is 1.00. The van der Waals surface area contributed by atoms with Crippen molar-refractivity contribution in [3.63, 3.8) is 0 Å². The van der Waals surface area contributed by atoms with Crippen LogP contribution in [0.1, 0.15) is 6.92 Å². The molecule has 0 heterocycles. The number of alkyl halides is 5. The molecule has 1 nitrogen and oxygen atoms in total. The summed E-state index contributed by atoms with van der Waals surface area (Å²) in [6.45, 7) is -1.67. The molecule has 0 N–H and O–H groups in total. The smallest absolute Gasteiger partial charge is 0.311 e. The third-order valence-electron chi connectivity index (χ3n) is 0.489. The van der Waals surface area contributed by atoms with E-state index in [2.05, 4.69) is 4.74 Å². The Morgan fingerprint density at radius 1 is 1.10 bits per heavy atom. The van der Waals surface area contributed by atoms with Gasteiger partial charge >= 0.3 is 12.3 Å². The number of ether oxygens (including phenoxy) is 1. The monoisotopic (exact) mass is 164 g/mol. The van der Waals surface area contributed by atoms with Gasteiger partial charge in [-0.2, -0.15) is 22.0 Å². The van der Waals surface area contributed by atoms with E-state index < -0.39 is 18.9 Å². The van der Waals surface area contributed by atoms with E-state index >= 15 is 0 Å². The van der Waals surface area contributed by atoms with Gasteiger partial charge in [-0.15, -0.1) is 0 Å². The maximum absolute atomic E-state index is 11.5. The van der Waals surface area contributed by atoms with Crippen LogP contribution >= 0.6 is 0 Å². The van der Waals surface area contributed by atoms with E-state index in [0.29, 0.717) is 0 Å². The van der Waals surface area contributed by atoms with Crippen LogP contribution in [0, 0.1) is 0 Å². The van der Waals surface area contributed by atoms with Crippen LogP contribution in [-0.4, -0.2) is 18.9 Å². The van der Waals surface area contributed by atoms with Gasteiger partial charge in [0.15, 0.2) is 0 Å². The highest BCUT2D eigenvalue weighted by molar-refractivity contribution is 4.48. The van der Waals surface area contributed by atoms with E-state index in [4.69, 9.17) is 0 Å². The Morgan fingerprint density at radius 3 is 1.60 bits per heavy atom. The van der Waals surface area contributed by atoms with Crippen molar-refractivity contribution in [1.29, 1.82) is 0 Å². The second-order valence-electron chi connectivity index (χ2n) is 1.71. The van der Waals surface area contributed by atoms with E-state index in [0.717, 1.165) is 0 Å². The third-order valence-corrected chi connectivity index (χ3v) is 0.489. The first kappa shape index (κ1) is 9.61. The normalized spacial score (nSPS) is 13.8. The minimum absolute atomic E-state index is 0.249. The molecule has 0 aromatic carbocycles. The summed E-state index contributed by atoms with van der Waals surface area (Å²) in [7, 11) is 0. The van der Waals surface area contributed by atoms with E-state index in [9.17, 15) is 22.0 Å². The van der Waals surface area contributed by atoms with Crippen LogP contribution in [-0.2, 0) is 4.74 Å². The second kappa shape index (κ2) is 2.69. The van der Waals surface area contributed by atoms with Crippen molar-refractivity contribution in [2.45, 2.75) is 19.2 Å². The van der Waals surface area contributed by atoms with Crippen molar-refractivity contribution >= 4 is 0 Å². The van der Waals surface area contributed by atoms with Crippen LogP contribution in [0.2, 0.25) is 0 Å². The van der Waals surface area contributed by atoms with Crippen molar-refractivity contribution in [1.82, 2.24) is 0 Å². The van der Waals surface area contributed by atoms with Gasteiger partial charge in [0.05, 0.1) is 0 Å². The predicted octanol–water partition coefficient (Wildman–Crippen LogP) is 2.18. The van der Waals surface area contributed by atoms with Crippen molar-refractivity contribution in [2.75, 3.05) is 6.61 Å². The minimum Gasteiger partial charge on any atom is -0.311 e. The van der Waals surface area contributed by atoms with Crippen LogP contribution in [0.3, 0.4) is 0 Å². The van der Waals surface area contributed by atoms with Gasteiger partial charge in [-0.1, -0.05) is 0 Å². The van der Waals surface area contributed by atoms with Crippen molar-refractivity contribution in [2.24, 2.45) is 0 Å². The quantitative estimate of drug-likeness (QED) is 0.568. The molecule has 0 unspecified atom stereocenters. The molecule has 0 aromatic rings. The SMILES string of the molecule is CC(F)(F)OCC(F)(F)F. The minimum atomic E-state index is -4.70. The molecule has 6 heteroatoms. The Morgan fingerprint density at radius 2 is 1.50 bits per heavy atom. The second-order valence-corrected chi connectivity index (χ2v) is 1.71. The summed E-state index contributed by atoms with van der Waals surface area (Å²) in [5, 5.41) is 0. The molecule has 0 aliphatic carbocycles. The zero-order chi connectivity index (χ0) is 8.41. The van der Waals surface area contributed by atoms with Gasteiger partial charge in [-0.05, 0) is 0 Å². The summed E-state index contributed by atoms with van der Waals surface area (Å²) in [4.78, 5) is 0. The highest BCUT2D eigenvalue weighted by Crippen LogP contribution is 2.20. The number of hydrogen-bond acceptors (Lipinski definition) is 1. The first-order valence-corrected chi connectivity index (χ1v) is 2.29. The number of halogens is 5. The molecule has 0 fully saturated rings. The van der Waals surface area contributed by atoms with Gasteiger partial charge in [0.25, 0.3) is 0 Å². The molecule has 0 aliphatic heterocycles. The molecule has 0 saturated carbocycles. The molecular formula is C4H5F5O. The summed E-state index contributed by atoms with van der Waals surface area (Å²) in [6.07, 6.45) is -8.41. The highest BCUT2D eigenvalue weighted by Gasteiger charge is 2.33. The van der Waals surface area contributed by atoms with Crippen LogP contribution < -0.4 is 0 Å².